The molecule has 4 atom stereocenters. The summed E-state index contributed by atoms with van der Waals surface area (Å²) in [7, 11) is -5.32. The summed E-state index contributed by atoms with van der Waals surface area (Å²) in [4.78, 5) is 6.50. The third-order valence-electron chi connectivity index (χ3n) is 12.4. The molecule has 8 aromatic heterocycles. The Bertz CT molecular complexity index is 3490. The SMILES string of the molecule is C[Si](C)(C)C1=CC2OC(c3sc4c(Br)c(-c5oc6cc([Si](C)(C)C)sc6c5Br)oc4c3Br)=C(Br)C2S1.C[Si](C)(C)C1=CC2SC(c3sc4c(Br)c(-c5sc6cc([Si](C)(C)C)sc6c5Br)sc4c3Br)=C(Br)C2S1. The molecule has 380 valence electrons. The maximum Gasteiger partial charge on any atom is 0.187 e. The number of hydrogen-bond donors (Lipinski definition) is 0. The lowest BCUT2D eigenvalue weighted by Gasteiger charge is -2.18. The lowest BCUT2D eigenvalue weighted by molar-refractivity contribution is 0.244. The molecule has 0 aliphatic carbocycles. The summed E-state index contributed by atoms with van der Waals surface area (Å²) in [5, 5.41) is 1.35. The Morgan fingerprint density at radius 3 is 1.56 bits per heavy atom. The molecule has 0 saturated carbocycles. The van der Waals surface area contributed by atoms with E-state index in [0.717, 1.165) is 54.9 Å². The number of ether oxygens (including phenoxy) is 1. The van der Waals surface area contributed by atoms with Gasteiger partial charge in [0.05, 0.1) is 117 Å². The number of halogens is 8. The van der Waals surface area contributed by atoms with Crippen LogP contribution in [0.3, 0.4) is 0 Å². The Kier molecular flexibility index (Phi) is 15.6. The fourth-order valence-electron chi connectivity index (χ4n) is 8.46. The average molecular weight is 1710 g/mol. The molecule has 4 aliphatic heterocycles. The van der Waals surface area contributed by atoms with Gasteiger partial charge in [-0.2, -0.15) is 0 Å². The molecule has 12 heterocycles. The molecule has 4 aliphatic rings. The number of thiophene rings is 6. The highest BCUT2D eigenvalue weighted by Gasteiger charge is 2.45. The van der Waals surface area contributed by atoms with Crippen molar-refractivity contribution in [2.75, 3.05) is 0 Å². The van der Waals surface area contributed by atoms with Gasteiger partial charge in [-0.3, -0.25) is 0 Å². The minimum Gasteiger partial charge on any atom is -0.482 e. The minimum absolute atomic E-state index is 0.0773. The van der Waals surface area contributed by atoms with Crippen LogP contribution < -0.4 is 9.00 Å². The van der Waals surface area contributed by atoms with Crippen molar-refractivity contribution in [2.45, 2.75) is 100 Å². The van der Waals surface area contributed by atoms with Crippen LogP contribution >= 0.6 is 231 Å². The van der Waals surface area contributed by atoms with E-state index in [1.165, 1.54) is 65.3 Å². The molecule has 3 nitrogen and oxygen atoms in total. The Morgan fingerprint density at radius 1 is 0.444 bits per heavy atom. The maximum atomic E-state index is 6.49. The van der Waals surface area contributed by atoms with Gasteiger partial charge in [0.2, 0.25) is 0 Å². The lowest BCUT2D eigenvalue weighted by Crippen LogP contribution is -2.34. The third kappa shape index (κ3) is 9.74. The summed E-state index contributed by atoms with van der Waals surface area (Å²) >= 11 is 48.7. The van der Waals surface area contributed by atoms with Gasteiger partial charge in [-0.1, -0.05) is 117 Å². The van der Waals surface area contributed by atoms with Gasteiger partial charge in [-0.15, -0.1) is 103 Å². The first-order chi connectivity index (χ1) is 33.5. The molecular formula is C48H44Br8O3S9Si4. The molecule has 0 amide bonds. The standard InChI is InChI=1S/C24H22Br4O3S3Si2.C24H22Br4S6Si2/c1-35(2,3)11-7-9-21(32-11)13(25)17(29-9)18-14(26)23-20(31-18)16(28)24(34-23)19-15(27)22-10(30-19)8-12(33-22)36(4,5)6;1-35(2,3)11-7-9-17(31-11)13(25)19(29-9)21-15(27)23-24(33-21)16(28)22(34-23)20-14(26)18-10(30-20)8-12(32-18)36(4,5)6/h7-8,10,22H,1-6H3;7-9,17H,1-6H3. The van der Waals surface area contributed by atoms with Crippen molar-refractivity contribution in [2.24, 2.45) is 0 Å². The van der Waals surface area contributed by atoms with Crippen molar-refractivity contribution >= 4 is 322 Å². The first-order valence-electron chi connectivity index (χ1n) is 22.7. The molecule has 0 bridgehead atoms. The van der Waals surface area contributed by atoms with Crippen LogP contribution in [0.2, 0.25) is 78.6 Å². The van der Waals surface area contributed by atoms with E-state index >= 15 is 0 Å². The number of fused-ring (bicyclic) bond motifs is 6. The van der Waals surface area contributed by atoms with E-state index in [1.807, 2.05) is 80.2 Å². The van der Waals surface area contributed by atoms with Crippen molar-refractivity contribution in [3.63, 3.8) is 0 Å². The Morgan fingerprint density at radius 2 is 0.972 bits per heavy atom. The van der Waals surface area contributed by atoms with E-state index in [9.17, 15) is 0 Å². The monoisotopic (exact) mass is 1700 g/mol. The highest BCUT2D eigenvalue weighted by atomic mass is 79.9. The van der Waals surface area contributed by atoms with E-state index < -0.39 is 32.3 Å². The molecule has 0 N–H and O–H groups in total. The van der Waals surface area contributed by atoms with Crippen LogP contribution in [-0.2, 0) is 4.74 Å². The zero-order valence-electron chi connectivity index (χ0n) is 40.5. The van der Waals surface area contributed by atoms with Gasteiger partial charge in [0.1, 0.15) is 17.4 Å². The summed E-state index contributed by atoms with van der Waals surface area (Å²) < 4.78 is 42.1. The van der Waals surface area contributed by atoms with Crippen LogP contribution in [0.5, 0.6) is 0 Å². The van der Waals surface area contributed by atoms with Gasteiger partial charge < -0.3 is 13.6 Å². The lowest BCUT2D eigenvalue weighted by atomic mass is 10.2. The summed E-state index contributed by atoms with van der Waals surface area (Å²) in [6.07, 6.45) is 4.98. The minimum atomic E-state index is -1.40. The Labute approximate surface area is 528 Å². The molecule has 4 unspecified atom stereocenters. The van der Waals surface area contributed by atoms with Crippen LogP contribution in [0.25, 0.3) is 71.3 Å². The van der Waals surface area contributed by atoms with Gasteiger partial charge in [-0.05, 0) is 132 Å². The molecule has 0 saturated heterocycles. The van der Waals surface area contributed by atoms with E-state index in [2.05, 4.69) is 242 Å². The topological polar surface area (TPSA) is 35.5 Å². The predicted octanol–water partition coefficient (Wildman–Crippen LogP) is 23.9. The molecule has 0 radical (unpaired) electrons. The second-order valence-corrected chi connectivity index (χ2v) is 59.9. The van der Waals surface area contributed by atoms with Crippen molar-refractivity contribution in [3.05, 3.63) is 78.9 Å². The fraction of sp³-hybridized carbons (Fsp3) is 0.333. The van der Waals surface area contributed by atoms with Gasteiger partial charge in [0.15, 0.2) is 17.1 Å². The van der Waals surface area contributed by atoms with Crippen LogP contribution in [0.15, 0.2) is 78.0 Å². The fourth-order valence-corrected chi connectivity index (χ4v) is 36.2. The van der Waals surface area contributed by atoms with Crippen molar-refractivity contribution < 1.29 is 13.6 Å². The van der Waals surface area contributed by atoms with Crippen molar-refractivity contribution in [3.8, 4) is 21.3 Å². The van der Waals surface area contributed by atoms with E-state index in [-0.39, 0.29) is 11.4 Å². The molecule has 12 rings (SSSR count). The van der Waals surface area contributed by atoms with E-state index in [0.29, 0.717) is 16.3 Å². The van der Waals surface area contributed by atoms with Crippen LogP contribution in [0.4, 0.5) is 0 Å². The highest BCUT2D eigenvalue weighted by molar-refractivity contribution is 9.12. The molecule has 72 heavy (non-hydrogen) atoms. The second kappa shape index (κ2) is 20.0. The average Bonchev–Trinajstić information content (AvgIpc) is 4.11. The number of furan rings is 2. The smallest absolute Gasteiger partial charge is 0.187 e. The maximum absolute atomic E-state index is 6.49. The first kappa shape index (κ1) is 56.2. The summed E-state index contributed by atoms with van der Waals surface area (Å²) in [5.74, 6) is 2.32. The normalized spacial score (nSPS) is 20.8. The third-order valence-corrected chi connectivity index (χ3v) is 48.3. The van der Waals surface area contributed by atoms with E-state index in [1.54, 1.807) is 20.4 Å². The molecule has 0 aromatic carbocycles. The van der Waals surface area contributed by atoms with Crippen molar-refractivity contribution in [1.29, 1.82) is 0 Å². The molecular weight excluding hydrogens is 1660 g/mol. The first-order valence-corrected chi connectivity index (χ1v) is 50.6. The van der Waals surface area contributed by atoms with E-state index in [4.69, 9.17) is 13.6 Å². The summed E-state index contributed by atoms with van der Waals surface area (Å²) in [6.45, 7) is 28.9. The summed E-state index contributed by atoms with van der Waals surface area (Å²) in [6, 6.07) is 4.65. The number of hydrogen-bond acceptors (Lipinski definition) is 12. The molecule has 0 fully saturated rings. The molecule has 0 spiro atoms. The van der Waals surface area contributed by atoms with Crippen LogP contribution in [0.1, 0.15) is 9.75 Å². The predicted molar refractivity (Wildman–Crippen MR) is 371 cm³/mol. The number of rotatable bonds is 8. The Hall–Kier alpha value is 2.32. The van der Waals surface area contributed by atoms with Gasteiger partial charge in [0, 0.05) is 19.3 Å². The second-order valence-electron chi connectivity index (χ2n) is 22.1. The Balaban J connectivity index is 0.000000156. The van der Waals surface area contributed by atoms with Crippen molar-refractivity contribution in [1.82, 2.24) is 0 Å². The highest BCUT2D eigenvalue weighted by Crippen LogP contribution is 2.63. The molecule has 24 heteroatoms. The number of thioether (sulfide) groups is 3. The van der Waals surface area contributed by atoms with Gasteiger partial charge in [-0.25, -0.2) is 0 Å². The van der Waals surface area contributed by atoms with Gasteiger partial charge in [0.25, 0.3) is 0 Å². The van der Waals surface area contributed by atoms with Gasteiger partial charge >= 0.3 is 0 Å². The summed E-state index contributed by atoms with van der Waals surface area (Å²) in [5.41, 5.74) is 1.71. The largest absolute Gasteiger partial charge is 0.482 e. The molecule has 8 aromatic rings. The zero-order valence-corrected chi connectivity index (χ0v) is 64.6. The zero-order chi connectivity index (χ0) is 51.8. The van der Waals surface area contributed by atoms with Crippen LogP contribution in [0, 0.1) is 0 Å². The van der Waals surface area contributed by atoms with Crippen LogP contribution in [-0.4, -0.2) is 54.1 Å². The quantitative estimate of drug-likeness (QED) is 0.141.